The van der Waals surface area contributed by atoms with E-state index in [2.05, 4.69) is 58.9 Å². The van der Waals surface area contributed by atoms with Crippen molar-refractivity contribution >= 4 is 29.9 Å². The summed E-state index contributed by atoms with van der Waals surface area (Å²) >= 11 is 0. The smallest absolute Gasteiger partial charge is 0.191 e. The van der Waals surface area contributed by atoms with E-state index in [0.717, 1.165) is 45.2 Å². The summed E-state index contributed by atoms with van der Waals surface area (Å²) in [5.74, 6) is 0.830. The molecule has 0 unspecified atom stereocenters. The van der Waals surface area contributed by atoms with Crippen LogP contribution in [-0.4, -0.2) is 51.8 Å². The lowest BCUT2D eigenvalue weighted by Crippen LogP contribution is -2.37. The molecule has 0 saturated heterocycles. The SMILES string of the molecule is CCOCCCNC(=NC)NCc1ccccc1CN(C)C.I. The molecule has 0 radical (unpaired) electrons. The van der Waals surface area contributed by atoms with Crippen molar-refractivity contribution in [1.29, 1.82) is 0 Å². The normalized spacial score (nSPS) is 11.3. The Bertz CT molecular complexity index is 452. The van der Waals surface area contributed by atoms with Crippen molar-refractivity contribution in [3.8, 4) is 0 Å². The highest BCUT2D eigenvalue weighted by atomic mass is 127. The zero-order valence-corrected chi connectivity index (χ0v) is 17.1. The van der Waals surface area contributed by atoms with Gasteiger partial charge >= 0.3 is 0 Å². The van der Waals surface area contributed by atoms with Gasteiger partial charge in [0.2, 0.25) is 0 Å². The summed E-state index contributed by atoms with van der Waals surface area (Å²) in [7, 11) is 5.97. The molecule has 1 aromatic carbocycles. The largest absolute Gasteiger partial charge is 0.382 e. The zero-order valence-electron chi connectivity index (χ0n) is 14.8. The van der Waals surface area contributed by atoms with E-state index in [9.17, 15) is 0 Å². The second-order valence-electron chi connectivity index (χ2n) is 5.41. The summed E-state index contributed by atoms with van der Waals surface area (Å²) in [4.78, 5) is 6.43. The van der Waals surface area contributed by atoms with Crippen molar-refractivity contribution in [3.63, 3.8) is 0 Å². The van der Waals surface area contributed by atoms with Gasteiger partial charge in [0.05, 0.1) is 0 Å². The number of aliphatic imine (C=N–C) groups is 1. The van der Waals surface area contributed by atoms with Crippen molar-refractivity contribution in [2.45, 2.75) is 26.4 Å². The number of nitrogens with one attached hydrogen (secondary N) is 2. The summed E-state index contributed by atoms with van der Waals surface area (Å²) in [6, 6.07) is 8.50. The van der Waals surface area contributed by atoms with Crippen LogP contribution in [0.3, 0.4) is 0 Å². The quantitative estimate of drug-likeness (QED) is 0.271. The molecule has 0 bridgehead atoms. The Balaban J connectivity index is 0.00000484. The lowest BCUT2D eigenvalue weighted by molar-refractivity contribution is 0.145. The maximum absolute atomic E-state index is 5.33. The van der Waals surface area contributed by atoms with Gasteiger partial charge < -0.3 is 20.3 Å². The summed E-state index contributed by atoms with van der Waals surface area (Å²) in [5.41, 5.74) is 2.64. The molecule has 0 amide bonds. The maximum atomic E-state index is 5.33. The number of benzene rings is 1. The van der Waals surface area contributed by atoms with E-state index in [1.165, 1.54) is 11.1 Å². The Morgan fingerprint density at radius 1 is 1.17 bits per heavy atom. The van der Waals surface area contributed by atoms with Gasteiger partial charge in [0.1, 0.15) is 0 Å². The molecule has 1 aromatic rings. The van der Waals surface area contributed by atoms with Gasteiger partial charge in [0, 0.05) is 39.9 Å². The van der Waals surface area contributed by atoms with Crippen LogP contribution >= 0.6 is 24.0 Å². The summed E-state index contributed by atoms with van der Waals surface area (Å²) < 4.78 is 5.33. The molecule has 132 valence electrons. The monoisotopic (exact) mass is 434 g/mol. The van der Waals surface area contributed by atoms with Gasteiger partial charge in [-0.05, 0) is 38.6 Å². The van der Waals surface area contributed by atoms with Gasteiger partial charge in [-0.25, -0.2) is 0 Å². The average molecular weight is 434 g/mol. The second kappa shape index (κ2) is 13.6. The van der Waals surface area contributed by atoms with Crippen LogP contribution in [0.4, 0.5) is 0 Å². The molecule has 0 spiro atoms. The summed E-state index contributed by atoms with van der Waals surface area (Å²) in [6.07, 6.45) is 0.978. The van der Waals surface area contributed by atoms with E-state index < -0.39 is 0 Å². The molecule has 0 atom stereocenters. The van der Waals surface area contributed by atoms with Crippen molar-refractivity contribution in [2.24, 2.45) is 4.99 Å². The van der Waals surface area contributed by atoms with Crippen molar-refractivity contribution in [2.75, 3.05) is 40.9 Å². The zero-order chi connectivity index (χ0) is 16.2. The second-order valence-corrected chi connectivity index (χ2v) is 5.41. The summed E-state index contributed by atoms with van der Waals surface area (Å²) in [5, 5.41) is 6.68. The van der Waals surface area contributed by atoms with E-state index in [0.29, 0.717) is 0 Å². The lowest BCUT2D eigenvalue weighted by Gasteiger charge is -2.16. The van der Waals surface area contributed by atoms with Crippen molar-refractivity contribution in [3.05, 3.63) is 35.4 Å². The van der Waals surface area contributed by atoms with E-state index in [1.807, 2.05) is 6.92 Å². The number of ether oxygens (including phenoxy) is 1. The Kier molecular flexibility index (Phi) is 13.1. The molecule has 2 N–H and O–H groups in total. The molecule has 0 aliphatic rings. The molecule has 23 heavy (non-hydrogen) atoms. The van der Waals surface area contributed by atoms with Crippen LogP contribution in [0, 0.1) is 0 Å². The topological polar surface area (TPSA) is 48.9 Å². The molecule has 0 fully saturated rings. The lowest BCUT2D eigenvalue weighted by atomic mass is 10.1. The highest BCUT2D eigenvalue weighted by molar-refractivity contribution is 14.0. The standard InChI is InChI=1S/C17H30N4O.HI/c1-5-22-12-8-11-19-17(18-2)20-13-15-9-6-7-10-16(15)14-21(3)4;/h6-7,9-10H,5,8,11-14H2,1-4H3,(H2,18,19,20);1H. The van der Waals surface area contributed by atoms with Gasteiger partial charge in [-0.2, -0.15) is 0 Å². The first-order valence-electron chi connectivity index (χ1n) is 7.91. The minimum atomic E-state index is 0. The van der Waals surface area contributed by atoms with Crippen LogP contribution in [0.1, 0.15) is 24.5 Å². The van der Waals surface area contributed by atoms with Crippen LogP contribution in [0.5, 0.6) is 0 Å². The molecule has 1 rings (SSSR count). The van der Waals surface area contributed by atoms with Crippen LogP contribution in [-0.2, 0) is 17.8 Å². The van der Waals surface area contributed by atoms with E-state index in [1.54, 1.807) is 7.05 Å². The highest BCUT2D eigenvalue weighted by Crippen LogP contribution is 2.10. The molecular formula is C17H31IN4O. The number of nitrogens with zero attached hydrogens (tertiary/aromatic N) is 2. The van der Waals surface area contributed by atoms with Gasteiger partial charge in [0.15, 0.2) is 5.96 Å². The first kappa shape index (κ1) is 22.1. The van der Waals surface area contributed by atoms with E-state index in [4.69, 9.17) is 4.74 Å². The third-order valence-corrected chi connectivity index (χ3v) is 3.24. The van der Waals surface area contributed by atoms with Crippen LogP contribution < -0.4 is 10.6 Å². The highest BCUT2D eigenvalue weighted by Gasteiger charge is 2.04. The van der Waals surface area contributed by atoms with Crippen molar-refractivity contribution in [1.82, 2.24) is 15.5 Å². The third-order valence-electron chi connectivity index (χ3n) is 3.24. The molecule has 0 saturated carbocycles. The molecule has 0 aromatic heterocycles. The fraction of sp³-hybridized carbons (Fsp3) is 0.588. The fourth-order valence-electron chi connectivity index (χ4n) is 2.15. The minimum absolute atomic E-state index is 0. The number of guanidine groups is 1. The van der Waals surface area contributed by atoms with Gasteiger partial charge in [-0.3, -0.25) is 4.99 Å². The fourth-order valence-corrected chi connectivity index (χ4v) is 2.15. The third kappa shape index (κ3) is 9.78. The molecule has 0 aliphatic heterocycles. The predicted molar refractivity (Wildman–Crippen MR) is 109 cm³/mol. The Labute approximate surface area is 157 Å². The maximum Gasteiger partial charge on any atom is 0.191 e. The average Bonchev–Trinajstić information content (AvgIpc) is 2.51. The van der Waals surface area contributed by atoms with Gasteiger partial charge in [0.25, 0.3) is 0 Å². The number of rotatable bonds is 9. The predicted octanol–water partition coefficient (Wildman–Crippen LogP) is 2.46. The molecule has 5 nitrogen and oxygen atoms in total. The number of hydrogen-bond donors (Lipinski definition) is 2. The van der Waals surface area contributed by atoms with E-state index >= 15 is 0 Å². The van der Waals surface area contributed by atoms with Crippen LogP contribution in [0.15, 0.2) is 29.3 Å². The molecular weight excluding hydrogens is 403 g/mol. The van der Waals surface area contributed by atoms with Gasteiger partial charge in [-0.15, -0.1) is 24.0 Å². The summed E-state index contributed by atoms with van der Waals surface area (Å²) in [6.45, 7) is 6.15. The Morgan fingerprint density at radius 2 is 1.87 bits per heavy atom. The van der Waals surface area contributed by atoms with Crippen LogP contribution in [0.2, 0.25) is 0 Å². The Morgan fingerprint density at radius 3 is 2.48 bits per heavy atom. The Hall–Kier alpha value is -0.860. The van der Waals surface area contributed by atoms with Gasteiger partial charge in [-0.1, -0.05) is 24.3 Å². The molecule has 6 heteroatoms. The van der Waals surface area contributed by atoms with Crippen molar-refractivity contribution < 1.29 is 4.74 Å². The van der Waals surface area contributed by atoms with E-state index in [-0.39, 0.29) is 24.0 Å². The number of halogens is 1. The molecule has 0 heterocycles. The number of hydrogen-bond acceptors (Lipinski definition) is 3. The first-order valence-corrected chi connectivity index (χ1v) is 7.91. The molecule has 0 aliphatic carbocycles. The minimum Gasteiger partial charge on any atom is -0.382 e. The first-order chi connectivity index (χ1) is 10.7. The van der Waals surface area contributed by atoms with Crippen LogP contribution in [0.25, 0.3) is 0 Å².